The van der Waals surface area contributed by atoms with Crippen molar-refractivity contribution < 1.29 is 9.53 Å². The summed E-state index contributed by atoms with van der Waals surface area (Å²) >= 11 is 1.15. The lowest BCUT2D eigenvalue weighted by Crippen LogP contribution is -2.38. The Balaban J connectivity index is 2.98. The number of nitrogens with two attached hydrogens (primary N) is 1. The van der Waals surface area contributed by atoms with Crippen LogP contribution in [0.5, 0.6) is 0 Å². The fourth-order valence-electron chi connectivity index (χ4n) is 1.71. The van der Waals surface area contributed by atoms with Crippen LogP contribution in [0.15, 0.2) is 14.6 Å². The molecule has 0 unspecified atom stereocenters. The van der Waals surface area contributed by atoms with E-state index in [1.54, 1.807) is 27.7 Å². The average molecular weight is 342 g/mol. The summed E-state index contributed by atoms with van der Waals surface area (Å²) in [6, 6.07) is 0. The number of rotatable bonds is 3. The van der Waals surface area contributed by atoms with Gasteiger partial charge < -0.3 is 10.5 Å². The van der Waals surface area contributed by atoms with Gasteiger partial charge in [0.2, 0.25) is 0 Å². The number of hydrogen-bond donors (Lipinski definition) is 1. The van der Waals surface area contributed by atoms with E-state index in [1.165, 1.54) is 18.7 Å². The first-order valence-electron chi connectivity index (χ1n) is 6.89. The maximum Gasteiger partial charge on any atom is 0.332 e. The molecule has 0 saturated heterocycles. The number of anilines is 1. The Hall–Kier alpha value is -2.03. The molecule has 23 heavy (non-hydrogen) atoms. The first-order valence-corrected chi connectivity index (χ1v) is 7.88. The molecular formula is C14H22N4O4S. The zero-order chi connectivity index (χ0) is 17.9. The molecule has 0 spiro atoms. The molecule has 8 nitrogen and oxygen atoms in total. The number of aromatic nitrogens is 2. The zero-order valence-electron chi connectivity index (χ0n) is 14.2. The number of carbonyl (C=O) groups is 1. The SMILES string of the molecule is CC(=Nc1c(N)c(=O)n(C)c(=O)n1C)SCC(=O)OC(C)(C)C. The predicted molar refractivity (Wildman–Crippen MR) is 92.4 cm³/mol. The summed E-state index contributed by atoms with van der Waals surface area (Å²) in [7, 11) is 2.82. The van der Waals surface area contributed by atoms with Crippen LogP contribution in [-0.4, -0.2) is 31.5 Å². The lowest BCUT2D eigenvalue weighted by Gasteiger charge is -2.19. The summed E-state index contributed by atoms with van der Waals surface area (Å²) in [4.78, 5) is 39.6. The lowest BCUT2D eigenvalue weighted by atomic mass is 10.2. The minimum atomic E-state index is -0.600. The molecule has 1 aromatic heterocycles. The smallest absolute Gasteiger partial charge is 0.332 e. The molecule has 0 radical (unpaired) electrons. The van der Waals surface area contributed by atoms with Gasteiger partial charge in [0, 0.05) is 14.1 Å². The third-order valence-electron chi connectivity index (χ3n) is 2.75. The molecule has 0 aliphatic carbocycles. The third kappa shape index (κ3) is 4.98. The van der Waals surface area contributed by atoms with E-state index < -0.39 is 16.9 Å². The van der Waals surface area contributed by atoms with Crippen LogP contribution < -0.4 is 17.0 Å². The van der Waals surface area contributed by atoms with Crippen molar-refractivity contribution >= 4 is 34.3 Å². The average Bonchev–Trinajstić information content (AvgIpc) is 2.43. The molecule has 0 saturated carbocycles. The zero-order valence-corrected chi connectivity index (χ0v) is 15.0. The molecule has 9 heteroatoms. The van der Waals surface area contributed by atoms with Crippen LogP contribution in [-0.2, 0) is 23.6 Å². The van der Waals surface area contributed by atoms with E-state index in [4.69, 9.17) is 10.5 Å². The van der Waals surface area contributed by atoms with Gasteiger partial charge in [-0.15, -0.1) is 0 Å². The van der Waals surface area contributed by atoms with Gasteiger partial charge in [0.05, 0.1) is 10.8 Å². The van der Waals surface area contributed by atoms with Crippen molar-refractivity contribution in [2.75, 3.05) is 11.5 Å². The number of nitrogens with zero attached hydrogens (tertiary/aromatic N) is 3. The van der Waals surface area contributed by atoms with E-state index in [-0.39, 0.29) is 23.2 Å². The van der Waals surface area contributed by atoms with Crippen LogP contribution in [0.2, 0.25) is 0 Å². The van der Waals surface area contributed by atoms with Crippen molar-refractivity contribution in [3.8, 4) is 0 Å². The first-order chi connectivity index (χ1) is 10.4. The van der Waals surface area contributed by atoms with Crippen LogP contribution in [0, 0.1) is 0 Å². The maximum absolute atomic E-state index is 11.9. The summed E-state index contributed by atoms with van der Waals surface area (Å²) in [5, 5.41) is 0.491. The van der Waals surface area contributed by atoms with Crippen LogP contribution >= 0.6 is 11.8 Å². The number of ether oxygens (including phenoxy) is 1. The number of aliphatic imine (C=N–C) groups is 1. The molecule has 1 aromatic rings. The second kappa shape index (κ2) is 7.03. The van der Waals surface area contributed by atoms with E-state index >= 15 is 0 Å². The number of esters is 1. The van der Waals surface area contributed by atoms with Crippen molar-refractivity contribution in [1.29, 1.82) is 0 Å². The van der Waals surface area contributed by atoms with Gasteiger partial charge in [0.1, 0.15) is 11.3 Å². The van der Waals surface area contributed by atoms with Gasteiger partial charge in [-0.05, 0) is 27.7 Å². The van der Waals surface area contributed by atoms with Crippen LogP contribution in [0.3, 0.4) is 0 Å². The van der Waals surface area contributed by atoms with Gasteiger partial charge in [-0.25, -0.2) is 9.79 Å². The van der Waals surface area contributed by atoms with Crippen molar-refractivity contribution in [3.05, 3.63) is 20.8 Å². The minimum Gasteiger partial charge on any atom is -0.459 e. The molecule has 1 heterocycles. The Labute approximate surface area is 138 Å². The topological polar surface area (TPSA) is 109 Å². The van der Waals surface area contributed by atoms with E-state index in [9.17, 15) is 14.4 Å². The van der Waals surface area contributed by atoms with Crippen molar-refractivity contribution in [2.45, 2.75) is 33.3 Å². The Bertz CT molecular complexity index is 719. The Morgan fingerprint density at radius 2 is 1.83 bits per heavy atom. The quantitative estimate of drug-likeness (QED) is 0.494. The van der Waals surface area contributed by atoms with Gasteiger partial charge in [-0.2, -0.15) is 0 Å². The van der Waals surface area contributed by atoms with Crippen LogP contribution in [0.1, 0.15) is 27.7 Å². The van der Waals surface area contributed by atoms with E-state index in [2.05, 4.69) is 4.99 Å². The molecule has 2 N–H and O–H groups in total. The monoisotopic (exact) mass is 342 g/mol. The highest BCUT2D eigenvalue weighted by Gasteiger charge is 2.17. The molecule has 0 amide bonds. The van der Waals surface area contributed by atoms with Gasteiger partial charge in [-0.1, -0.05) is 11.8 Å². The molecule has 0 aliphatic rings. The Morgan fingerprint density at radius 1 is 1.26 bits per heavy atom. The fraction of sp³-hybridized carbons (Fsp3) is 0.571. The lowest BCUT2D eigenvalue weighted by molar-refractivity contribution is -0.151. The summed E-state index contributed by atoms with van der Waals surface area (Å²) in [5.74, 6) is -0.221. The predicted octanol–water partition coefficient (Wildman–Crippen LogP) is 0.791. The maximum atomic E-state index is 11.9. The first kappa shape index (κ1) is 19.0. The van der Waals surface area contributed by atoms with Crippen molar-refractivity contribution in [3.63, 3.8) is 0 Å². The number of hydrogen-bond acceptors (Lipinski definition) is 7. The summed E-state index contributed by atoms with van der Waals surface area (Å²) in [6.45, 7) is 7.02. The van der Waals surface area contributed by atoms with Crippen molar-refractivity contribution in [1.82, 2.24) is 9.13 Å². The normalized spacial score (nSPS) is 12.3. The van der Waals surface area contributed by atoms with Gasteiger partial charge in [-0.3, -0.25) is 18.7 Å². The molecule has 0 aliphatic heterocycles. The third-order valence-corrected chi connectivity index (χ3v) is 3.64. The highest BCUT2D eigenvalue weighted by molar-refractivity contribution is 8.14. The Kier molecular flexibility index (Phi) is 5.81. The summed E-state index contributed by atoms with van der Waals surface area (Å²) < 4.78 is 7.29. The summed E-state index contributed by atoms with van der Waals surface area (Å²) in [6.07, 6.45) is 0. The van der Waals surface area contributed by atoms with E-state index in [1.807, 2.05) is 0 Å². The molecule has 0 bridgehead atoms. The molecular weight excluding hydrogens is 320 g/mol. The molecule has 128 valence electrons. The summed E-state index contributed by atoms with van der Waals surface area (Å²) in [5.41, 5.74) is 3.95. The standard InChI is InChI=1S/C14H22N4O4S/c1-8(23-7-9(19)22-14(2,3)4)16-11-10(15)12(20)18(6)13(21)17(11)5/h7,15H2,1-6H3. The fourth-order valence-corrected chi connectivity index (χ4v) is 2.25. The van der Waals surface area contributed by atoms with Gasteiger partial charge in [0.25, 0.3) is 5.56 Å². The number of nitrogen functional groups attached to an aromatic ring is 1. The number of thioether (sulfide) groups is 1. The second-order valence-corrected chi connectivity index (χ2v) is 7.12. The largest absolute Gasteiger partial charge is 0.459 e. The van der Waals surface area contributed by atoms with Gasteiger partial charge >= 0.3 is 11.7 Å². The molecule has 0 atom stereocenters. The Morgan fingerprint density at radius 3 is 2.35 bits per heavy atom. The van der Waals surface area contributed by atoms with Crippen LogP contribution in [0.4, 0.5) is 11.5 Å². The molecule has 1 rings (SSSR count). The highest BCUT2D eigenvalue weighted by atomic mass is 32.2. The second-order valence-electron chi connectivity index (χ2n) is 5.95. The van der Waals surface area contributed by atoms with E-state index in [0.29, 0.717) is 5.04 Å². The van der Waals surface area contributed by atoms with E-state index in [0.717, 1.165) is 16.3 Å². The minimum absolute atomic E-state index is 0.0747. The van der Waals surface area contributed by atoms with Crippen LogP contribution in [0.25, 0.3) is 0 Å². The van der Waals surface area contributed by atoms with Crippen molar-refractivity contribution in [2.24, 2.45) is 19.1 Å². The van der Waals surface area contributed by atoms with Gasteiger partial charge in [0.15, 0.2) is 5.82 Å². The number of carbonyl (C=O) groups excluding carboxylic acids is 1. The highest BCUT2D eigenvalue weighted by Crippen LogP contribution is 2.18. The molecule has 0 fully saturated rings. The molecule has 0 aromatic carbocycles.